The molecule has 4 heteroatoms. The van der Waals surface area contributed by atoms with Crippen molar-refractivity contribution in [2.75, 3.05) is 6.54 Å². The quantitative estimate of drug-likeness (QED) is 0.423. The van der Waals surface area contributed by atoms with Crippen molar-refractivity contribution in [3.63, 3.8) is 0 Å². The van der Waals surface area contributed by atoms with Gasteiger partial charge in [-0.15, -0.1) is 0 Å². The summed E-state index contributed by atoms with van der Waals surface area (Å²) in [6.07, 6.45) is 0.706. The second-order valence-electron chi connectivity index (χ2n) is 1.60. The van der Waals surface area contributed by atoms with Gasteiger partial charge < -0.3 is 15.4 Å². The molecule has 8 heavy (non-hydrogen) atoms. The molecule has 2 amide bonds. The Morgan fingerprint density at radius 1 is 1.75 bits per heavy atom. The minimum atomic E-state index is -0.317. The summed E-state index contributed by atoms with van der Waals surface area (Å²) >= 11 is 0. The fourth-order valence-corrected chi connectivity index (χ4v) is 0.555. The van der Waals surface area contributed by atoms with E-state index in [0.29, 0.717) is 12.8 Å². The molecule has 0 aromatic rings. The van der Waals surface area contributed by atoms with Crippen molar-refractivity contribution in [1.29, 1.82) is 0 Å². The first-order valence-corrected chi connectivity index (χ1v) is 2.32. The molecule has 1 fully saturated rings. The zero-order valence-corrected chi connectivity index (χ0v) is 4.18. The van der Waals surface area contributed by atoms with Crippen LogP contribution >= 0.6 is 0 Å². The van der Waals surface area contributed by atoms with Crippen LogP contribution in [0, 0.1) is 0 Å². The molecule has 44 valence electrons. The molecule has 1 heterocycles. The molecule has 2 N–H and O–H groups in total. The van der Waals surface area contributed by atoms with E-state index in [4.69, 9.17) is 0 Å². The lowest BCUT2D eigenvalue weighted by molar-refractivity contribution is -0.108. The summed E-state index contributed by atoms with van der Waals surface area (Å²) in [5.41, 5.74) is 0. The molecule has 0 saturated carbocycles. The Bertz CT molecular complexity index is 123. The minimum Gasteiger partial charge on any atom is -0.336 e. The Balaban J connectivity index is 2.43. The summed E-state index contributed by atoms with van der Waals surface area (Å²) in [7, 11) is 0. The van der Waals surface area contributed by atoms with Crippen molar-refractivity contribution in [2.45, 2.75) is 6.04 Å². The molecule has 1 atom stereocenters. The van der Waals surface area contributed by atoms with E-state index in [1.165, 1.54) is 0 Å². The van der Waals surface area contributed by atoms with Crippen LogP contribution < -0.4 is 10.6 Å². The van der Waals surface area contributed by atoms with E-state index >= 15 is 0 Å². The third kappa shape index (κ3) is 0.776. The van der Waals surface area contributed by atoms with Gasteiger partial charge in [0.1, 0.15) is 12.3 Å². The topological polar surface area (TPSA) is 58.2 Å². The van der Waals surface area contributed by atoms with Crippen molar-refractivity contribution < 1.29 is 9.59 Å². The lowest BCUT2D eigenvalue weighted by Gasteiger charge is -1.91. The van der Waals surface area contributed by atoms with Crippen LogP contribution in [0.4, 0.5) is 4.79 Å². The number of rotatable bonds is 1. The number of carbonyl (C=O) groups excluding carboxylic acids is 2. The van der Waals surface area contributed by atoms with Crippen LogP contribution in [0.1, 0.15) is 0 Å². The second kappa shape index (κ2) is 1.81. The Kier molecular flexibility index (Phi) is 1.15. The van der Waals surface area contributed by atoms with E-state index in [-0.39, 0.29) is 12.1 Å². The summed E-state index contributed by atoms with van der Waals surface area (Å²) in [4.78, 5) is 20.1. The molecular weight excluding hydrogens is 108 g/mol. The largest absolute Gasteiger partial charge is 0.336 e. The fraction of sp³-hybridized carbons (Fsp3) is 0.500. The Hall–Kier alpha value is -1.06. The van der Waals surface area contributed by atoms with Crippen LogP contribution in [0.15, 0.2) is 0 Å². The maximum absolute atomic E-state index is 10.2. The predicted molar refractivity (Wildman–Crippen MR) is 26.4 cm³/mol. The highest BCUT2D eigenvalue weighted by Crippen LogP contribution is 1.83. The number of hydrogen-bond donors (Lipinski definition) is 2. The van der Waals surface area contributed by atoms with Crippen LogP contribution in [0.2, 0.25) is 0 Å². The summed E-state index contributed by atoms with van der Waals surface area (Å²) < 4.78 is 0. The van der Waals surface area contributed by atoms with Gasteiger partial charge in [-0.05, 0) is 0 Å². The van der Waals surface area contributed by atoms with Gasteiger partial charge in [0.05, 0.1) is 0 Å². The van der Waals surface area contributed by atoms with Crippen molar-refractivity contribution in [1.82, 2.24) is 10.6 Å². The van der Waals surface area contributed by atoms with Crippen molar-refractivity contribution in [3.8, 4) is 0 Å². The first-order valence-electron chi connectivity index (χ1n) is 2.32. The van der Waals surface area contributed by atoms with Crippen LogP contribution in [0.25, 0.3) is 0 Å². The normalized spacial score (nSPS) is 26.5. The molecule has 1 rings (SSSR count). The number of urea groups is 1. The molecular formula is C4H6N2O2. The summed E-state index contributed by atoms with van der Waals surface area (Å²) in [5, 5.41) is 4.82. The maximum Gasteiger partial charge on any atom is 0.315 e. The van der Waals surface area contributed by atoms with E-state index in [1.807, 2.05) is 0 Å². The number of aldehydes is 1. The predicted octanol–water partition coefficient (Wildman–Crippen LogP) is -1.13. The molecule has 0 aliphatic carbocycles. The van der Waals surface area contributed by atoms with Crippen molar-refractivity contribution >= 4 is 12.3 Å². The van der Waals surface area contributed by atoms with Crippen LogP contribution in [0.3, 0.4) is 0 Å². The summed E-state index contributed by atoms with van der Waals surface area (Å²) in [6, 6.07) is -0.579. The Morgan fingerprint density at radius 2 is 2.50 bits per heavy atom. The highest BCUT2D eigenvalue weighted by Gasteiger charge is 2.17. The zero-order valence-electron chi connectivity index (χ0n) is 4.18. The Morgan fingerprint density at radius 3 is 2.75 bits per heavy atom. The third-order valence-electron chi connectivity index (χ3n) is 0.963. The molecule has 4 nitrogen and oxygen atoms in total. The van der Waals surface area contributed by atoms with E-state index in [2.05, 4.69) is 10.6 Å². The minimum absolute atomic E-state index is 0.262. The zero-order chi connectivity index (χ0) is 5.98. The van der Waals surface area contributed by atoms with E-state index < -0.39 is 0 Å². The second-order valence-corrected chi connectivity index (χ2v) is 1.60. The molecule has 1 saturated heterocycles. The first-order chi connectivity index (χ1) is 3.83. The summed E-state index contributed by atoms with van der Waals surface area (Å²) in [6.45, 7) is 0.419. The van der Waals surface area contributed by atoms with Gasteiger partial charge in [-0.25, -0.2) is 4.79 Å². The molecule has 0 spiro atoms. The molecule has 0 aromatic carbocycles. The highest BCUT2D eigenvalue weighted by atomic mass is 16.2. The number of carbonyl (C=O) groups is 2. The third-order valence-corrected chi connectivity index (χ3v) is 0.963. The van der Waals surface area contributed by atoms with Crippen molar-refractivity contribution in [2.24, 2.45) is 0 Å². The summed E-state index contributed by atoms with van der Waals surface area (Å²) in [5.74, 6) is 0. The lowest BCUT2D eigenvalue weighted by Crippen LogP contribution is -2.27. The lowest BCUT2D eigenvalue weighted by atomic mass is 10.4. The molecule has 0 bridgehead atoms. The number of hydrogen-bond acceptors (Lipinski definition) is 2. The monoisotopic (exact) mass is 114 g/mol. The van der Waals surface area contributed by atoms with Crippen LogP contribution in [-0.4, -0.2) is 24.9 Å². The SMILES string of the molecule is O=C[C@@H]1CNC(=O)N1. The first kappa shape index (κ1) is 5.08. The van der Waals surface area contributed by atoms with Gasteiger partial charge in [0.2, 0.25) is 0 Å². The smallest absolute Gasteiger partial charge is 0.315 e. The van der Waals surface area contributed by atoms with Gasteiger partial charge in [-0.3, -0.25) is 0 Å². The molecule has 1 aliphatic heterocycles. The molecule has 0 aromatic heterocycles. The number of amides is 2. The van der Waals surface area contributed by atoms with Gasteiger partial charge in [-0.1, -0.05) is 0 Å². The van der Waals surface area contributed by atoms with Gasteiger partial charge in [-0.2, -0.15) is 0 Å². The van der Waals surface area contributed by atoms with E-state index in [9.17, 15) is 9.59 Å². The van der Waals surface area contributed by atoms with E-state index in [0.717, 1.165) is 0 Å². The van der Waals surface area contributed by atoms with Gasteiger partial charge in [0, 0.05) is 6.54 Å². The van der Waals surface area contributed by atoms with Gasteiger partial charge >= 0.3 is 6.03 Å². The fourth-order valence-electron chi connectivity index (χ4n) is 0.555. The van der Waals surface area contributed by atoms with Crippen LogP contribution in [0.5, 0.6) is 0 Å². The Labute approximate surface area is 46.3 Å². The van der Waals surface area contributed by atoms with Gasteiger partial charge in [0.15, 0.2) is 0 Å². The molecule has 1 aliphatic rings. The standard InChI is InChI=1S/C4H6N2O2/c7-2-3-1-5-4(8)6-3/h2-3H,1H2,(H2,5,6,8)/t3-/m0/s1. The maximum atomic E-state index is 10.2. The van der Waals surface area contributed by atoms with Crippen molar-refractivity contribution in [3.05, 3.63) is 0 Å². The molecule has 0 unspecified atom stereocenters. The van der Waals surface area contributed by atoms with Gasteiger partial charge in [0.25, 0.3) is 0 Å². The van der Waals surface area contributed by atoms with E-state index in [1.54, 1.807) is 0 Å². The highest BCUT2D eigenvalue weighted by molar-refractivity contribution is 5.81. The average molecular weight is 114 g/mol. The molecule has 0 radical (unpaired) electrons. The average Bonchev–Trinajstić information content (AvgIpc) is 2.14. The van der Waals surface area contributed by atoms with Crippen LogP contribution in [-0.2, 0) is 4.79 Å². The number of nitrogens with one attached hydrogen (secondary N) is 2.